The fourth-order valence-corrected chi connectivity index (χ4v) is 2.83. The third-order valence-corrected chi connectivity index (χ3v) is 4.33. The molecule has 1 aromatic rings. The van der Waals surface area contributed by atoms with Crippen molar-refractivity contribution in [3.63, 3.8) is 0 Å². The summed E-state index contributed by atoms with van der Waals surface area (Å²) in [5.41, 5.74) is -0.958. The van der Waals surface area contributed by atoms with Crippen molar-refractivity contribution in [2.75, 3.05) is 25.0 Å². The number of carbonyl (C=O) groups excluding carboxylic acids is 2. The lowest BCUT2D eigenvalue weighted by Crippen LogP contribution is -2.41. The van der Waals surface area contributed by atoms with E-state index in [-0.39, 0.29) is 23.1 Å². The number of hydrogen-bond donors (Lipinski definition) is 1. The Hall–Kier alpha value is -3.02. The van der Waals surface area contributed by atoms with Crippen LogP contribution in [0.2, 0.25) is 0 Å². The van der Waals surface area contributed by atoms with Crippen LogP contribution in [-0.4, -0.2) is 36.5 Å². The first-order valence-electron chi connectivity index (χ1n) is 8.76. The van der Waals surface area contributed by atoms with E-state index in [9.17, 15) is 28.0 Å². The number of anilines is 1. The minimum atomic E-state index is -4.49. The molecule has 1 saturated heterocycles. The van der Waals surface area contributed by atoms with E-state index in [1.165, 1.54) is 17.0 Å². The molecular formula is C19H20F3N3O3. The average Bonchev–Trinajstić information content (AvgIpc) is 2.68. The number of esters is 1. The zero-order valence-electron chi connectivity index (χ0n) is 15.3. The highest BCUT2D eigenvalue weighted by molar-refractivity contribution is 5.97. The Morgan fingerprint density at radius 1 is 1.36 bits per heavy atom. The lowest BCUT2D eigenvalue weighted by Gasteiger charge is -2.30. The molecule has 0 aromatic heterocycles. The maximum atomic E-state index is 12.8. The summed E-state index contributed by atoms with van der Waals surface area (Å²) in [6, 6.07) is 6.21. The van der Waals surface area contributed by atoms with Gasteiger partial charge in [0.15, 0.2) is 0 Å². The van der Waals surface area contributed by atoms with E-state index < -0.39 is 17.6 Å². The van der Waals surface area contributed by atoms with E-state index >= 15 is 0 Å². The van der Waals surface area contributed by atoms with Crippen LogP contribution in [0, 0.1) is 17.2 Å². The Morgan fingerprint density at radius 2 is 2.04 bits per heavy atom. The van der Waals surface area contributed by atoms with Crippen molar-refractivity contribution in [1.29, 1.82) is 5.26 Å². The van der Waals surface area contributed by atoms with Crippen LogP contribution in [0.1, 0.15) is 25.3 Å². The number of alkyl halides is 3. The van der Waals surface area contributed by atoms with Crippen LogP contribution in [0.3, 0.4) is 0 Å². The van der Waals surface area contributed by atoms with Gasteiger partial charge in [-0.1, -0.05) is 6.07 Å². The van der Waals surface area contributed by atoms with Crippen LogP contribution in [0.25, 0.3) is 0 Å². The number of ether oxygens (including phenoxy) is 1. The van der Waals surface area contributed by atoms with E-state index in [1.54, 1.807) is 13.0 Å². The molecule has 1 N–H and O–H groups in total. The second-order valence-corrected chi connectivity index (χ2v) is 6.21. The van der Waals surface area contributed by atoms with Gasteiger partial charge in [-0.05, 0) is 38.0 Å². The molecule has 1 amide bonds. The van der Waals surface area contributed by atoms with Crippen molar-refractivity contribution in [1.82, 2.24) is 4.90 Å². The van der Waals surface area contributed by atoms with E-state index in [1.807, 2.05) is 0 Å². The first-order chi connectivity index (χ1) is 13.3. The van der Waals surface area contributed by atoms with Crippen LogP contribution >= 0.6 is 0 Å². The highest BCUT2D eigenvalue weighted by Gasteiger charge is 2.31. The maximum absolute atomic E-state index is 12.8. The maximum Gasteiger partial charge on any atom is 0.416 e. The summed E-state index contributed by atoms with van der Waals surface area (Å²) in [6.07, 6.45) is -2.53. The van der Waals surface area contributed by atoms with Gasteiger partial charge in [0.05, 0.1) is 18.1 Å². The summed E-state index contributed by atoms with van der Waals surface area (Å²) in [6.45, 7) is 2.61. The van der Waals surface area contributed by atoms with Crippen LogP contribution < -0.4 is 5.32 Å². The number of carbonyl (C=O) groups is 2. The molecule has 9 heteroatoms. The van der Waals surface area contributed by atoms with Crippen LogP contribution in [0.5, 0.6) is 0 Å². The van der Waals surface area contributed by atoms with E-state index in [0.29, 0.717) is 32.5 Å². The third kappa shape index (κ3) is 5.49. The number of amides is 1. The van der Waals surface area contributed by atoms with Gasteiger partial charge in [0, 0.05) is 25.0 Å². The predicted molar refractivity (Wildman–Crippen MR) is 94.7 cm³/mol. The summed E-state index contributed by atoms with van der Waals surface area (Å²) in [5, 5.41) is 11.8. The number of nitrogens with one attached hydrogen (secondary N) is 1. The molecule has 1 fully saturated rings. The Morgan fingerprint density at radius 3 is 2.61 bits per heavy atom. The van der Waals surface area contributed by atoms with Crippen LogP contribution in [0.4, 0.5) is 18.9 Å². The van der Waals surface area contributed by atoms with E-state index in [4.69, 9.17) is 4.74 Å². The number of halogens is 3. The van der Waals surface area contributed by atoms with Crippen molar-refractivity contribution >= 4 is 17.6 Å². The molecule has 0 bridgehead atoms. The second kappa shape index (κ2) is 9.26. The Labute approximate surface area is 160 Å². The van der Waals surface area contributed by atoms with Crippen molar-refractivity contribution < 1.29 is 27.5 Å². The first kappa shape index (κ1) is 21.3. The molecule has 0 unspecified atom stereocenters. The smallest absolute Gasteiger partial charge is 0.416 e. The molecule has 28 heavy (non-hydrogen) atoms. The number of nitrogens with zero attached hydrogens (tertiary/aromatic N) is 2. The van der Waals surface area contributed by atoms with Gasteiger partial charge < -0.3 is 15.0 Å². The molecule has 6 nitrogen and oxygen atoms in total. The summed E-state index contributed by atoms with van der Waals surface area (Å²) >= 11 is 0. The molecule has 0 radical (unpaired) electrons. The highest BCUT2D eigenvalue weighted by atomic mass is 19.4. The van der Waals surface area contributed by atoms with Gasteiger partial charge in [0.1, 0.15) is 11.6 Å². The fraction of sp³-hybridized carbons (Fsp3) is 0.421. The van der Waals surface area contributed by atoms with Crippen molar-refractivity contribution in [2.45, 2.75) is 25.9 Å². The van der Waals surface area contributed by atoms with Crippen molar-refractivity contribution in [2.24, 2.45) is 5.92 Å². The fourth-order valence-electron chi connectivity index (χ4n) is 2.83. The van der Waals surface area contributed by atoms with Crippen LogP contribution in [-0.2, 0) is 20.5 Å². The van der Waals surface area contributed by atoms with E-state index in [2.05, 4.69) is 5.32 Å². The Balaban J connectivity index is 2.01. The van der Waals surface area contributed by atoms with Gasteiger partial charge in [-0.2, -0.15) is 18.4 Å². The lowest BCUT2D eigenvalue weighted by atomic mass is 9.96. The summed E-state index contributed by atoms with van der Waals surface area (Å²) in [5.74, 6) is -1.11. The number of nitriles is 1. The standard InChI is InChI=1S/C19H20F3N3O3/c1-2-28-18(27)13-6-8-25(9-7-13)17(26)14(11-23)12-24-16-5-3-4-15(10-16)19(20,21)22/h3-5,10,12-13,24H,2,6-9H2,1H3/b14-12-. The van der Waals surface area contributed by atoms with Gasteiger partial charge in [-0.15, -0.1) is 0 Å². The van der Waals surface area contributed by atoms with Gasteiger partial charge in [0.25, 0.3) is 5.91 Å². The minimum Gasteiger partial charge on any atom is -0.466 e. The van der Waals surface area contributed by atoms with Gasteiger partial charge in [0.2, 0.25) is 0 Å². The molecule has 1 heterocycles. The number of benzene rings is 1. The van der Waals surface area contributed by atoms with Gasteiger partial charge in [-0.25, -0.2) is 0 Å². The molecule has 1 aromatic carbocycles. The highest BCUT2D eigenvalue weighted by Crippen LogP contribution is 2.30. The second-order valence-electron chi connectivity index (χ2n) is 6.21. The van der Waals surface area contributed by atoms with Gasteiger partial charge in [-0.3, -0.25) is 9.59 Å². The number of rotatable bonds is 5. The lowest BCUT2D eigenvalue weighted by molar-refractivity contribution is -0.150. The Kier molecular flexibility index (Phi) is 7.04. The number of piperidine rings is 1. The largest absolute Gasteiger partial charge is 0.466 e. The molecule has 0 saturated carbocycles. The number of likely N-dealkylation sites (tertiary alicyclic amines) is 1. The van der Waals surface area contributed by atoms with Gasteiger partial charge >= 0.3 is 12.1 Å². The zero-order valence-corrected chi connectivity index (χ0v) is 15.3. The molecule has 1 aliphatic heterocycles. The Bertz CT molecular complexity index is 792. The molecule has 2 rings (SSSR count). The van der Waals surface area contributed by atoms with E-state index in [0.717, 1.165) is 18.3 Å². The zero-order chi connectivity index (χ0) is 20.7. The van der Waals surface area contributed by atoms with Crippen molar-refractivity contribution in [3.05, 3.63) is 41.6 Å². The quantitative estimate of drug-likeness (QED) is 0.470. The summed E-state index contributed by atoms with van der Waals surface area (Å²) in [4.78, 5) is 25.7. The summed E-state index contributed by atoms with van der Waals surface area (Å²) in [7, 11) is 0. The average molecular weight is 395 g/mol. The molecule has 0 spiro atoms. The molecule has 1 aliphatic rings. The monoisotopic (exact) mass is 395 g/mol. The summed E-state index contributed by atoms with van der Waals surface area (Å²) < 4.78 is 43.2. The number of hydrogen-bond acceptors (Lipinski definition) is 5. The molecule has 150 valence electrons. The third-order valence-electron chi connectivity index (χ3n) is 4.33. The minimum absolute atomic E-state index is 0.108. The van der Waals surface area contributed by atoms with Crippen molar-refractivity contribution in [3.8, 4) is 6.07 Å². The molecule has 0 aliphatic carbocycles. The van der Waals surface area contributed by atoms with Crippen LogP contribution in [0.15, 0.2) is 36.0 Å². The predicted octanol–water partition coefficient (Wildman–Crippen LogP) is 3.33. The molecular weight excluding hydrogens is 375 g/mol. The SMILES string of the molecule is CCOC(=O)C1CCN(C(=O)/C(C#N)=C\Nc2cccc(C(F)(F)F)c2)CC1. The normalized spacial score (nSPS) is 15.7. The molecule has 0 atom stereocenters. The topological polar surface area (TPSA) is 82.4 Å². The first-order valence-corrected chi connectivity index (χ1v) is 8.76.